The van der Waals surface area contributed by atoms with Crippen LogP contribution in [0.5, 0.6) is 5.75 Å². The van der Waals surface area contributed by atoms with Crippen molar-refractivity contribution in [1.82, 2.24) is 4.98 Å². The molecule has 1 heterocycles. The minimum atomic E-state index is -2.90. The van der Waals surface area contributed by atoms with E-state index in [0.717, 1.165) is 4.88 Å². The van der Waals surface area contributed by atoms with Crippen LogP contribution in [0.3, 0.4) is 0 Å². The summed E-state index contributed by atoms with van der Waals surface area (Å²) in [6.45, 7) is 0.417. The van der Waals surface area contributed by atoms with Crippen LogP contribution in [0.1, 0.15) is 20.8 Å². The first kappa shape index (κ1) is 20.3. The van der Waals surface area contributed by atoms with Crippen molar-refractivity contribution >= 4 is 28.1 Å². The smallest absolute Gasteiger partial charge is 0.387 e. The van der Waals surface area contributed by atoms with Crippen molar-refractivity contribution in [2.24, 2.45) is 0 Å². The molecule has 0 aliphatic rings. The molecule has 10 heteroatoms. The molecule has 3 rings (SSSR count). The minimum Gasteiger partial charge on any atom is -0.435 e. The maximum absolute atomic E-state index is 12.6. The summed E-state index contributed by atoms with van der Waals surface area (Å²) in [7, 11) is 0. The number of carbonyl (C=O) groups excluding carboxylic acids is 1. The number of aryl methyl sites for hydroxylation is 1. The second kappa shape index (κ2) is 8.31. The van der Waals surface area contributed by atoms with Crippen LogP contribution >= 0.6 is 11.3 Å². The zero-order valence-electron chi connectivity index (χ0n) is 15.3. The van der Waals surface area contributed by atoms with E-state index in [1.165, 1.54) is 48.6 Å². The Morgan fingerprint density at radius 3 is 2.52 bits per heavy atom. The molecule has 1 aromatic heterocycles. The zero-order valence-corrected chi connectivity index (χ0v) is 16.1. The maximum Gasteiger partial charge on any atom is 0.387 e. The van der Waals surface area contributed by atoms with E-state index in [2.05, 4.69) is 15.0 Å². The number of aromatic nitrogens is 1. The highest BCUT2D eigenvalue weighted by atomic mass is 32.1. The number of halogens is 2. The molecular formula is C19H15F2N3O4S. The number of hydrogen-bond acceptors (Lipinski definition) is 6. The van der Waals surface area contributed by atoms with Gasteiger partial charge in [0, 0.05) is 27.6 Å². The highest BCUT2D eigenvalue weighted by Crippen LogP contribution is 2.32. The highest BCUT2D eigenvalue weighted by Gasteiger charge is 2.19. The lowest BCUT2D eigenvalue weighted by atomic mass is 10.1. The van der Waals surface area contributed by atoms with Gasteiger partial charge in [-0.1, -0.05) is 6.07 Å². The van der Waals surface area contributed by atoms with Crippen molar-refractivity contribution < 1.29 is 23.2 Å². The monoisotopic (exact) mass is 419 g/mol. The van der Waals surface area contributed by atoms with Gasteiger partial charge in [0.25, 0.3) is 11.6 Å². The third kappa shape index (κ3) is 4.54. The van der Waals surface area contributed by atoms with Gasteiger partial charge >= 0.3 is 6.61 Å². The molecule has 0 radical (unpaired) electrons. The van der Waals surface area contributed by atoms with Crippen LogP contribution < -0.4 is 10.1 Å². The van der Waals surface area contributed by atoms with E-state index in [0.29, 0.717) is 16.4 Å². The number of ether oxygens (including phenoxy) is 1. The van der Waals surface area contributed by atoms with Gasteiger partial charge in [-0.05, 0) is 44.2 Å². The number of amides is 1. The third-order valence-electron chi connectivity index (χ3n) is 4.12. The fraction of sp³-hybridized carbons (Fsp3) is 0.158. The molecule has 0 fully saturated rings. The molecule has 150 valence electrons. The van der Waals surface area contributed by atoms with Gasteiger partial charge in [-0.3, -0.25) is 20.2 Å². The van der Waals surface area contributed by atoms with Crippen LogP contribution in [0.25, 0.3) is 11.3 Å². The largest absolute Gasteiger partial charge is 0.435 e. The molecule has 29 heavy (non-hydrogen) atoms. The van der Waals surface area contributed by atoms with Crippen molar-refractivity contribution in [3.05, 3.63) is 68.6 Å². The second-order valence-corrected chi connectivity index (χ2v) is 7.19. The van der Waals surface area contributed by atoms with Crippen LogP contribution in [0, 0.1) is 24.0 Å². The van der Waals surface area contributed by atoms with Gasteiger partial charge in [0.2, 0.25) is 0 Å². The van der Waals surface area contributed by atoms with Gasteiger partial charge in [-0.25, -0.2) is 4.98 Å². The molecule has 0 unspecified atom stereocenters. The minimum absolute atomic E-state index is 0.0336. The van der Waals surface area contributed by atoms with Crippen molar-refractivity contribution in [2.45, 2.75) is 20.5 Å². The van der Waals surface area contributed by atoms with Crippen molar-refractivity contribution in [1.29, 1.82) is 0 Å². The normalized spacial score (nSPS) is 10.8. The molecule has 0 atom stereocenters. The quantitative estimate of drug-likeness (QED) is 0.438. The summed E-state index contributed by atoms with van der Waals surface area (Å²) in [5.74, 6) is -0.474. The molecule has 0 aliphatic heterocycles. The van der Waals surface area contributed by atoms with Crippen molar-refractivity contribution in [3.63, 3.8) is 0 Å². The summed E-state index contributed by atoms with van der Waals surface area (Å²) in [6, 6.07) is 10.3. The molecule has 0 spiro atoms. The Morgan fingerprint density at radius 1 is 1.21 bits per heavy atom. The number of nitro benzene ring substituents is 1. The molecule has 0 saturated carbocycles. The Hall–Kier alpha value is -3.40. The zero-order chi connectivity index (χ0) is 21.1. The van der Waals surface area contributed by atoms with E-state index >= 15 is 0 Å². The number of nitrogens with one attached hydrogen (secondary N) is 1. The van der Waals surface area contributed by atoms with Gasteiger partial charge < -0.3 is 4.74 Å². The number of anilines is 1. The summed E-state index contributed by atoms with van der Waals surface area (Å²) in [5, 5.41) is 14.0. The fourth-order valence-electron chi connectivity index (χ4n) is 2.74. The average molecular weight is 419 g/mol. The van der Waals surface area contributed by atoms with E-state index in [-0.39, 0.29) is 22.6 Å². The summed E-state index contributed by atoms with van der Waals surface area (Å²) < 4.78 is 28.8. The Morgan fingerprint density at radius 2 is 1.90 bits per heavy atom. The first-order chi connectivity index (χ1) is 13.8. The number of thiazole rings is 1. The number of carbonyl (C=O) groups is 1. The topological polar surface area (TPSA) is 94.4 Å². The first-order valence-electron chi connectivity index (χ1n) is 8.34. The molecular weight excluding hydrogens is 404 g/mol. The number of hydrogen-bond donors (Lipinski definition) is 1. The number of rotatable bonds is 6. The standard InChI is InChI=1S/C19H15F2N3O4S/c1-10-14(4-3-5-15(10)24(26)27)17(25)23-19-22-16(11(2)29-19)12-6-8-13(9-7-12)28-18(20)21/h3-9,18H,1-2H3,(H,22,23,25). The van der Waals surface area contributed by atoms with Gasteiger partial charge in [-0.15, -0.1) is 11.3 Å². The van der Waals surface area contributed by atoms with Gasteiger partial charge in [0.15, 0.2) is 5.13 Å². The molecule has 0 saturated heterocycles. The number of alkyl halides is 2. The van der Waals surface area contributed by atoms with Crippen LogP contribution in [-0.4, -0.2) is 22.4 Å². The molecule has 0 aliphatic carbocycles. The highest BCUT2D eigenvalue weighted by molar-refractivity contribution is 7.16. The summed E-state index contributed by atoms with van der Waals surface area (Å²) >= 11 is 1.24. The van der Waals surface area contributed by atoms with Crippen molar-refractivity contribution in [2.75, 3.05) is 5.32 Å². The molecule has 2 aromatic carbocycles. The Bertz CT molecular complexity index is 1070. The van der Waals surface area contributed by atoms with Gasteiger partial charge in [-0.2, -0.15) is 8.78 Å². The van der Waals surface area contributed by atoms with E-state index in [4.69, 9.17) is 0 Å². The van der Waals surface area contributed by atoms with E-state index in [1.807, 2.05) is 6.92 Å². The SMILES string of the molecule is Cc1sc(NC(=O)c2cccc([N+](=O)[O-])c2C)nc1-c1ccc(OC(F)F)cc1. The van der Waals surface area contributed by atoms with Crippen LogP contribution in [0.4, 0.5) is 19.6 Å². The molecule has 1 N–H and O–H groups in total. The second-order valence-electron chi connectivity index (χ2n) is 5.99. The third-order valence-corrected chi connectivity index (χ3v) is 5.00. The van der Waals surface area contributed by atoms with Crippen LogP contribution in [-0.2, 0) is 0 Å². The lowest BCUT2D eigenvalue weighted by Crippen LogP contribution is -2.14. The lowest BCUT2D eigenvalue weighted by Gasteiger charge is -2.06. The Labute approximate surface area is 168 Å². The van der Waals surface area contributed by atoms with E-state index in [9.17, 15) is 23.7 Å². The molecule has 1 amide bonds. The number of nitrogens with zero attached hydrogens (tertiary/aromatic N) is 2. The average Bonchev–Trinajstić information content (AvgIpc) is 3.01. The summed E-state index contributed by atoms with van der Waals surface area (Å²) in [6.07, 6.45) is 0. The van der Waals surface area contributed by atoms with Crippen molar-refractivity contribution in [3.8, 4) is 17.0 Å². The van der Waals surface area contributed by atoms with Gasteiger partial charge in [0.05, 0.1) is 10.6 Å². The fourth-order valence-corrected chi connectivity index (χ4v) is 3.57. The van der Waals surface area contributed by atoms with Gasteiger partial charge in [0.1, 0.15) is 5.75 Å². The maximum atomic E-state index is 12.6. The first-order valence-corrected chi connectivity index (χ1v) is 9.16. The van der Waals surface area contributed by atoms with Crippen LogP contribution in [0.15, 0.2) is 42.5 Å². The molecule has 0 bridgehead atoms. The summed E-state index contributed by atoms with van der Waals surface area (Å²) in [5.41, 5.74) is 1.57. The van der Waals surface area contributed by atoms with E-state index < -0.39 is 17.4 Å². The lowest BCUT2D eigenvalue weighted by molar-refractivity contribution is -0.385. The predicted octanol–water partition coefficient (Wildman–Crippen LogP) is 5.19. The number of nitro groups is 1. The van der Waals surface area contributed by atoms with E-state index in [1.54, 1.807) is 12.1 Å². The molecule has 7 nitrogen and oxygen atoms in total. The Balaban J connectivity index is 1.81. The van der Waals surface area contributed by atoms with Crippen LogP contribution in [0.2, 0.25) is 0 Å². The predicted molar refractivity (Wildman–Crippen MR) is 105 cm³/mol. The number of benzene rings is 2. The Kier molecular flexibility index (Phi) is 5.83. The molecule has 3 aromatic rings. The summed E-state index contributed by atoms with van der Waals surface area (Å²) in [4.78, 5) is 28.3.